The Morgan fingerprint density at radius 2 is 1.84 bits per heavy atom. The molecule has 0 amide bonds. The Bertz CT molecular complexity index is 1250. The molecule has 4 rings (SSSR count). The summed E-state index contributed by atoms with van der Waals surface area (Å²) < 4.78 is 36.8. The minimum absolute atomic E-state index is 0.0365. The molecular weight excluding hydrogens is 483 g/mol. The van der Waals surface area contributed by atoms with Gasteiger partial charge in [-0.3, -0.25) is 0 Å². The Labute approximate surface area is 195 Å². The summed E-state index contributed by atoms with van der Waals surface area (Å²) in [5.41, 5.74) is 2.23. The van der Waals surface area contributed by atoms with Gasteiger partial charge in [-0.1, -0.05) is 53.0 Å². The Morgan fingerprint density at radius 3 is 2.58 bits per heavy atom. The van der Waals surface area contributed by atoms with E-state index in [0.29, 0.717) is 22.3 Å². The average Bonchev–Trinajstić information content (AvgIpc) is 3.53. The third kappa shape index (κ3) is 5.41. The van der Waals surface area contributed by atoms with Crippen molar-refractivity contribution in [3.63, 3.8) is 0 Å². The van der Waals surface area contributed by atoms with Gasteiger partial charge in [0.2, 0.25) is 5.75 Å². The minimum atomic E-state index is -4.13. The molecule has 2 aromatic carbocycles. The quantitative estimate of drug-likeness (QED) is 0.354. The Balaban J connectivity index is 1.64. The molecule has 1 aliphatic rings. The fraction of sp³-hybridized carbons (Fsp3) is 0.238. The van der Waals surface area contributed by atoms with Crippen molar-refractivity contribution in [3.05, 3.63) is 74.4 Å². The number of benzene rings is 2. The number of rotatable bonds is 7. The monoisotopic (exact) mass is 498 g/mol. The molecule has 1 saturated carbocycles. The van der Waals surface area contributed by atoms with Gasteiger partial charge < -0.3 is 8.92 Å². The highest BCUT2D eigenvalue weighted by atomic mass is 35.5. The molecule has 0 saturated heterocycles. The lowest BCUT2D eigenvalue weighted by atomic mass is 10.1. The van der Waals surface area contributed by atoms with Crippen molar-refractivity contribution in [1.82, 2.24) is 10.2 Å². The van der Waals surface area contributed by atoms with E-state index in [4.69, 9.17) is 43.7 Å². The van der Waals surface area contributed by atoms with Crippen molar-refractivity contribution in [2.45, 2.75) is 31.4 Å². The van der Waals surface area contributed by atoms with Crippen LogP contribution in [-0.2, 0) is 15.9 Å². The van der Waals surface area contributed by atoms with E-state index in [-0.39, 0.29) is 21.8 Å². The largest absolute Gasteiger partial charge is 0.434 e. The Morgan fingerprint density at radius 1 is 1.06 bits per heavy atom. The summed E-state index contributed by atoms with van der Waals surface area (Å²) in [6.45, 7) is 1.91. The number of para-hydroxylation sites is 1. The zero-order chi connectivity index (χ0) is 22.2. The van der Waals surface area contributed by atoms with Crippen molar-refractivity contribution >= 4 is 44.9 Å². The van der Waals surface area contributed by atoms with E-state index in [0.717, 1.165) is 24.0 Å². The topological polar surface area (TPSA) is 78.4 Å². The zero-order valence-electron chi connectivity index (χ0n) is 16.3. The van der Waals surface area contributed by atoms with E-state index in [1.54, 1.807) is 6.07 Å². The van der Waals surface area contributed by atoms with E-state index in [1.165, 1.54) is 18.2 Å². The summed E-state index contributed by atoms with van der Waals surface area (Å²) in [6.07, 6.45) is 2.15. The van der Waals surface area contributed by atoms with Gasteiger partial charge in [-0.15, -0.1) is 10.2 Å². The van der Waals surface area contributed by atoms with Crippen molar-refractivity contribution < 1.29 is 17.3 Å². The zero-order valence-corrected chi connectivity index (χ0v) is 19.4. The Hall–Kier alpha value is -2.06. The number of ether oxygens (including phenoxy) is 1. The maximum Gasteiger partial charge on any atom is 0.313 e. The highest BCUT2D eigenvalue weighted by Crippen LogP contribution is 2.47. The van der Waals surface area contributed by atoms with E-state index in [2.05, 4.69) is 10.2 Å². The lowest BCUT2D eigenvalue weighted by Gasteiger charge is -2.15. The van der Waals surface area contributed by atoms with Crippen LogP contribution in [0.5, 0.6) is 17.4 Å². The van der Waals surface area contributed by atoms with Gasteiger partial charge in [0, 0.05) is 16.1 Å². The van der Waals surface area contributed by atoms with Gasteiger partial charge in [-0.2, -0.15) is 8.42 Å². The first-order valence-electron chi connectivity index (χ1n) is 9.38. The number of hydrogen-bond acceptors (Lipinski definition) is 6. The van der Waals surface area contributed by atoms with Crippen LogP contribution in [-0.4, -0.2) is 18.6 Å². The molecule has 0 aliphatic heterocycles. The van der Waals surface area contributed by atoms with Gasteiger partial charge in [-0.05, 0) is 60.6 Å². The second-order valence-corrected chi connectivity index (χ2v) is 10.0. The first-order valence-corrected chi connectivity index (χ1v) is 12.1. The lowest BCUT2D eigenvalue weighted by molar-refractivity contribution is 0.410. The molecule has 0 spiro atoms. The van der Waals surface area contributed by atoms with Crippen LogP contribution in [0, 0.1) is 6.92 Å². The molecule has 3 aromatic rings. The molecule has 0 atom stereocenters. The fourth-order valence-electron chi connectivity index (χ4n) is 3.11. The normalized spacial score (nSPS) is 13.8. The molecule has 162 valence electrons. The minimum Gasteiger partial charge on any atom is -0.434 e. The molecule has 0 N–H and O–H groups in total. The van der Waals surface area contributed by atoms with Gasteiger partial charge in [0.05, 0.1) is 0 Å². The summed E-state index contributed by atoms with van der Waals surface area (Å²) in [7, 11) is -4.13. The third-order valence-electron chi connectivity index (χ3n) is 4.71. The van der Waals surface area contributed by atoms with Crippen LogP contribution >= 0.6 is 34.8 Å². The summed E-state index contributed by atoms with van der Waals surface area (Å²) in [5.74, 6) is 0.267. The molecule has 1 aromatic heterocycles. The van der Waals surface area contributed by atoms with Crippen LogP contribution < -0.4 is 8.92 Å². The molecule has 10 heteroatoms. The maximum absolute atomic E-state index is 12.7. The molecule has 6 nitrogen and oxygen atoms in total. The standard InChI is InChI=1S/C21H17Cl3N2O4S/c1-12-3-2-4-16(13-5-6-13)20(12)29-21-18(10-19(24)25-26-21)30-31(27,28)11-14-9-15(22)7-8-17(14)23/h2-4,7-10,13H,5-6,11H2,1H3. The fourth-order valence-corrected chi connectivity index (χ4v) is 4.78. The van der Waals surface area contributed by atoms with Crippen molar-refractivity contribution in [2.75, 3.05) is 0 Å². The first-order chi connectivity index (χ1) is 14.7. The maximum atomic E-state index is 12.7. The average molecular weight is 500 g/mol. The van der Waals surface area contributed by atoms with E-state index < -0.39 is 15.9 Å². The lowest BCUT2D eigenvalue weighted by Crippen LogP contribution is -2.13. The second-order valence-electron chi connectivity index (χ2n) is 7.23. The van der Waals surface area contributed by atoms with E-state index in [1.807, 2.05) is 25.1 Å². The van der Waals surface area contributed by atoms with E-state index in [9.17, 15) is 8.42 Å². The highest BCUT2D eigenvalue weighted by molar-refractivity contribution is 7.86. The van der Waals surface area contributed by atoms with Gasteiger partial charge in [0.15, 0.2) is 5.15 Å². The summed E-state index contributed by atoms with van der Waals surface area (Å²) in [6, 6.07) is 11.7. The highest BCUT2D eigenvalue weighted by Gasteiger charge is 2.29. The van der Waals surface area contributed by atoms with Crippen LogP contribution in [0.4, 0.5) is 0 Å². The SMILES string of the molecule is Cc1cccc(C2CC2)c1Oc1nnc(Cl)cc1OS(=O)(=O)Cc1cc(Cl)ccc1Cl. The molecule has 1 fully saturated rings. The van der Waals surface area contributed by atoms with Crippen LogP contribution in [0.15, 0.2) is 42.5 Å². The van der Waals surface area contributed by atoms with Crippen molar-refractivity contribution in [2.24, 2.45) is 0 Å². The molecule has 31 heavy (non-hydrogen) atoms. The number of aromatic nitrogens is 2. The molecule has 1 aliphatic carbocycles. The van der Waals surface area contributed by atoms with Crippen molar-refractivity contribution in [1.29, 1.82) is 0 Å². The van der Waals surface area contributed by atoms with Gasteiger partial charge in [-0.25, -0.2) is 0 Å². The molecule has 1 heterocycles. The molecule has 0 radical (unpaired) electrons. The predicted octanol–water partition coefficient (Wildman–Crippen LogP) is 6.32. The van der Waals surface area contributed by atoms with Gasteiger partial charge in [0.1, 0.15) is 11.5 Å². The summed E-state index contributed by atoms with van der Waals surface area (Å²) in [5, 5.41) is 8.27. The van der Waals surface area contributed by atoms with E-state index >= 15 is 0 Å². The van der Waals surface area contributed by atoms with Crippen LogP contribution in [0.25, 0.3) is 0 Å². The van der Waals surface area contributed by atoms with Gasteiger partial charge in [0.25, 0.3) is 5.88 Å². The predicted molar refractivity (Wildman–Crippen MR) is 120 cm³/mol. The summed E-state index contributed by atoms with van der Waals surface area (Å²) in [4.78, 5) is 0. The second kappa shape index (κ2) is 8.82. The van der Waals surface area contributed by atoms with Crippen LogP contribution in [0.1, 0.15) is 35.4 Å². The number of halogens is 3. The molecular formula is C21H17Cl3N2O4S. The smallest absolute Gasteiger partial charge is 0.313 e. The molecule has 0 unspecified atom stereocenters. The first kappa shape index (κ1) is 22.1. The third-order valence-corrected chi connectivity index (χ3v) is 6.60. The number of nitrogens with zero attached hydrogens (tertiary/aromatic N) is 2. The van der Waals surface area contributed by atoms with Crippen LogP contribution in [0.3, 0.4) is 0 Å². The number of hydrogen-bond donors (Lipinski definition) is 0. The summed E-state index contributed by atoms with van der Waals surface area (Å²) >= 11 is 18.0. The van der Waals surface area contributed by atoms with Gasteiger partial charge >= 0.3 is 10.1 Å². The van der Waals surface area contributed by atoms with Crippen LogP contribution in [0.2, 0.25) is 15.2 Å². The Kier molecular flexibility index (Phi) is 6.30. The number of aryl methyl sites for hydroxylation is 1. The van der Waals surface area contributed by atoms with Crippen molar-refractivity contribution in [3.8, 4) is 17.4 Å². The molecule has 0 bridgehead atoms.